The Morgan fingerprint density at radius 2 is 2.18 bits per heavy atom. The number of benzene rings is 1. The number of nitrogens with zero attached hydrogens (tertiary/aromatic N) is 1. The van der Waals surface area contributed by atoms with Crippen LogP contribution in [0.5, 0.6) is 0 Å². The third-order valence-corrected chi connectivity index (χ3v) is 6.50. The monoisotopic (exact) mass is 301 g/mol. The summed E-state index contributed by atoms with van der Waals surface area (Å²) in [6.07, 6.45) is 4.75. The predicted octanol–water partition coefficient (Wildman–Crippen LogP) is 1.85. The lowest BCUT2D eigenvalue weighted by molar-refractivity contribution is -0.577. The number of fused-ring (bicyclic) bond motifs is 4. The van der Waals surface area contributed by atoms with Crippen molar-refractivity contribution in [2.45, 2.75) is 50.7 Å². The fourth-order valence-electron chi connectivity index (χ4n) is 5.23. The topological polar surface area (TPSA) is 40.1 Å². The third-order valence-electron chi connectivity index (χ3n) is 6.50. The molecule has 3 heteroatoms. The van der Waals surface area contributed by atoms with E-state index in [1.807, 2.05) is 0 Å². The van der Waals surface area contributed by atoms with E-state index >= 15 is 0 Å². The van der Waals surface area contributed by atoms with Gasteiger partial charge in [0.25, 0.3) is 0 Å². The highest BCUT2D eigenvalue weighted by atomic mass is 16.3. The molecule has 0 saturated carbocycles. The molecule has 4 heterocycles. The molecule has 3 nitrogen and oxygen atoms in total. The number of hydrogen-bond acceptors (Lipinski definition) is 2. The molecular weight excluding hydrogens is 272 g/mol. The molecule has 0 aliphatic carbocycles. The van der Waals surface area contributed by atoms with Crippen LogP contribution in [0.15, 0.2) is 24.3 Å². The highest BCUT2D eigenvalue weighted by Gasteiger charge is 2.45. The minimum absolute atomic E-state index is 0.199. The van der Waals surface area contributed by atoms with Gasteiger partial charge in [-0.25, -0.2) is 0 Å². The van der Waals surface area contributed by atoms with Crippen LogP contribution in [0, 0.1) is 11.8 Å². The van der Waals surface area contributed by atoms with Gasteiger partial charge in [0.05, 0.1) is 12.6 Å². The minimum atomic E-state index is -0.199. The Morgan fingerprint density at radius 3 is 2.95 bits per heavy atom. The van der Waals surface area contributed by atoms with Gasteiger partial charge in [0.15, 0.2) is 0 Å². The summed E-state index contributed by atoms with van der Waals surface area (Å²) in [6.45, 7) is 5.84. The summed E-state index contributed by atoms with van der Waals surface area (Å²) in [5.74, 6) is 2.04. The SMILES string of the molecule is CCC1CN2CCC1CC2C(O)C1CC[NH2+]c2ccccc21. The fourth-order valence-corrected chi connectivity index (χ4v) is 5.23. The van der Waals surface area contributed by atoms with Gasteiger partial charge >= 0.3 is 0 Å². The summed E-state index contributed by atoms with van der Waals surface area (Å²) < 4.78 is 0. The quantitative estimate of drug-likeness (QED) is 0.837. The maximum Gasteiger partial charge on any atom is 0.133 e. The van der Waals surface area contributed by atoms with Gasteiger partial charge in [0.1, 0.15) is 5.69 Å². The number of aliphatic hydroxyl groups is 1. The van der Waals surface area contributed by atoms with Crippen LogP contribution in [0.2, 0.25) is 0 Å². The molecule has 22 heavy (non-hydrogen) atoms. The molecule has 6 atom stereocenters. The number of aliphatic hydroxyl groups excluding tert-OH is 1. The Labute approximate surface area is 133 Å². The van der Waals surface area contributed by atoms with Gasteiger partial charge in [-0.05, 0) is 37.3 Å². The van der Waals surface area contributed by atoms with Gasteiger partial charge in [-0.3, -0.25) is 4.90 Å². The summed E-state index contributed by atoms with van der Waals surface area (Å²) in [7, 11) is 0. The van der Waals surface area contributed by atoms with Gasteiger partial charge in [-0.1, -0.05) is 31.5 Å². The highest BCUT2D eigenvalue weighted by molar-refractivity contribution is 5.43. The van der Waals surface area contributed by atoms with Crippen molar-refractivity contribution in [3.63, 3.8) is 0 Å². The fraction of sp³-hybridized carbons (Fsp3) is 0.684. The molecule has 3 saturated heterocycles. The van der Waals surface area contributed by atoms with E-state index in [1.54, 1.807) is 0 Å². The number of para-hydroxylation sites is 1. The molecule has 4 aliphatic heterocycles. The molecule has 0 radical (unpaired) electrons. The molecule has 3 fully saturated rings. The van der Waals surface area contributed by atoms with E-state index in [2.05, 4.69) is 41.4 Å². The first-order valence-corrected chi connectivity index (χ1v) is 9.12. The van der Waals surface area contributed by atoms with Crippen LogP contribution >= 0.6 is 0 Å². The van der Waals surface area contributed by atoms with Gasteiger partial charge in [-0.15, -0.1) is 0 Å². The molecule has 1 aromatic carbocycles. The molecular formula is C19H29N2O+. The lowest BCUT2D eigenvalue weighted by Gasteiger charge is -2.52. The molecule has 1 aromatic rings. The van der Waals surface area contributed by atoms with E-state index in [0.717, 1.165) is 24.8 Å². The van der Waals surface area contributed by atoms with Crippen molar-refractivity contribution in [3.05, 3.63) is 29.8 Å². The van der Waals surface area contributed by atoms with Gasteiger partial charge in [0, 0.05) is 30.5 Å². The molecule has 5 rings (SSSR count). The Hall–Kier alpha value is -0.900. The highest BCUT2D eigenvalue weighted by Crippen LogP contribution is 2.42. The van der Waals surface area contributed by atoms with Crippen molar-refractivity contribution in [1.82, 2.24) is 4.90 Å². The van der Waals surface area contributed by atoms with Crippen LogP contribution in [-0.2, 0) is 0 Å². The first-order valence-electron chi connectivity index (χ1n) is 9.12. The Morgan fingerprint density at radius 1 is 1.32 bits per heavy atom. The number of hydrogen-bond donors (Lipinski definition) is 2. The normalized spacial score (nSPS) is 38.5. The first kappa shape index (κ1) is 14.7. The molecule has 120 valence electrons. The van der Waals surface area contributed by atoms with E-state index in [-0.39, 0.29) is 6.10 Å². The van der Waals surface area contributed by atoms with E-state index in [9.17, 15) is 5.11 Å². The van der Waals surface area contributed by atoms with Gasteiger partial charge in [0.2, 0.25) is 0 Å². The Kier molecular flexibility index (Phi) is 3.97. The second-order valence-electron chi connectivity index (χ2n) is 7.52. The van der Waals surface area contributed by atoms with Crippen LogP contribution in [0.25, 0.3) is 0 Å². The summed E-state index contributed by atoms with van der Waals surface area (Å²) in [5, 5.41) is 13.5. The standard InChI is InChI=1S/C19H28N2O/c1-2-13-12-21-10-8-14(13)11-18(21)19(22)16-7-9-20-17-6-4-3-5-15(16)17/h3-6,13-14,16,18-20,22H,2,7-12H2,1H3/p+1. The molecule has 0 spiro atoms. The summed E-state index contributed by atoms with van der Waals surface area (Å²) in [6, 6.07) is 9.05. The maximum atomic E-state index is 11.2. The second-order valence-corrected chi connectivity index (χ2v) is 7.52. The van der Waals surface area contributed by atoms with Crippen LogP contribution < -0.4 is 5.32 Å². The summed E-state index contributed by atoms with van der Waals surface area (Å²) in [4.78, 5) is 2.60. The Bertz CT molecular complexity index is 532. The zero-order valence-corrected chi connectivity index (χ0v) is 13.6. The molecule has 2 bridgehead atoms. The number of quaternary nitrogens is 1. The van der Waals surface area contributed by atoms with Crippen LogP contribution in [0.4, 0.5) is 5.69 Å². The average Bonchev–Trinajstić information content (AvgIpc) is 2.60. The average molecular weight is 301 g/mol. The van der Waals surface area contributed by atoms with Crippen LogP contribution in [0.1, 0.15) is 44.1 Å². The van der Waals surface area contributed by atoms with Crippen molar-refractivity contribution in [2.75, 3.05) is 19.6 Å². The number of rotatable bonds is 3. The minimum Gasteiger partial charge on any atom is -0.391 e. The van der Waals surface area contributed by atoms with E-state index in [1.165, 1.54) is 43.6 Å². The third kappa shape index (κ3) is 2.40. The van der Waals surface area contributed by atoms with E-state index in [0.29, 0.717) is 12.0 Å². The van der Waals surface area contributed by atoms with Crippen LogP contribution in [-0.4, -0.2) is 41.8 Å². The maximum absolute atomic E-state index is 11.2. The van der Waals surface area contributed by atoms with Crippen molar-refractivity contribution in [1.29, 1.82) is 0 Å². The van der Waals surface area contributed by atoms with Crippen molar-refractivity contribution in [2.24, 2.45) is 11.8 Å². The van der Waals surface area contributed by atoms with Crippen molar-refractivity contribution < 1.29 is 10.4 Å². The Balaban J connectivity index is 1.55. The van der Waals surface area contributed by atoms with Gasteiger partial charge in [-0.2, -0.15) is 0 Å². The van der Waals surface area contributed by atoms with Gasteiger partial charge < -0.3 is 10.4 Å². The molecule has 0 amide bonds. The molecule has 6 unspecified atom stereocenters. The zero-order chi connectivity index (χ0) is 15.1. The number of nitrogens with two attached hydrogens (primary N) is 1. The molecule has 4 aliphatic rings. The first-order chi connectivity index (χ1) is 10.8. The summed E-state index contributed by atoms with van der Waals surface area (Å²) in [5.41, 5.74) is 2.72. The second kappa shape index (κ2) is 5.95. The lowest BCUT2D eigenvalue weighted by atomic mass is 9.71. The predicted molar refractivity (Wildman–Crippen MR) is 88.1 cm³/mol. The number of piperidine rings is 3. The smallest absolute Gasteiger partial charge is 0.133 e. The molecule has 3 N–H and O–H groups in total. The summed E-state index contributed by atoms with van der Waals surface area (Å²) >= 11 is 0. The van der Waals surface area contributed by atoms with E-state index in [4.69, 9.17) is 0 Å². The van der Waals surface area contributed by atoms with Crippen molar-refractivity contribution >= 4 is 5.69 Å². The lowest BCUT2D eigenvalue weighted by Crippen LogP contribution is -2.80. The largest absolute Gasteiger partial charge is 0.391 e. The van der Waals surface area contributed by atoms with E-state index < -0.39 is 0 Å². The van der Waals surface area contributed by atoms with Crippen molar-refractivity contribution in [3.8, 4) is 0 Å². The van der Waals surface area contributed by atoms with Crippen LogP contribution in [0.3, 0.4) is 0 Å². The zero-order valence-electron chi connectivity index (χ0n) is 13.6. The molecule has 0 aromatic heterocycles.